The van der Waals surface area contributed by atoms with Crippen molar-refractivity contribution in [2.45, 2.75) is 38.2 Å². The Hall–Kier alpha value is -1.49. The molecule has 0 bridgehead atoms. The molecule has 1 aliphatic heterocycles. The molecule has 1 saturated carbocycles. The van der Waals surface area contributed by atoms with Gasteiger partial charge in [-0.1, -0.05) is 6.07 Å². The maximum atomic E-state index is 13.8. The maximum Gasteiger partial charge on any atom is 0.226 e. The van der Waals surface area contributed by atoms with Crippen molar-refractivity contribution < 1.29 is 18.7 Å². The van der Waals surface area contributed by atoms with Crippen LogP contribution in [0.15, 0.2) is 18.2 Å². The number of carbonyl (C=O) groups is 1. The summed E-state index contributed by atoms with van der Waals surface area (Å²) in [5, 5.41) is 9.59. The quantitative estimate of drug-likeness (QED) is 0.932. The minimum atomic E-state index is -0.593. The minimum absolute atomic E-state index is 0.0674. The molecule has 22 heavy (non-hydrogen) atoms. The van der Waals surface area contributed by atoms with E-state index in [1.807, 2.05) is 4.90 Å². The van der Waals surface area contributed by atoms with E-state index in [0.717, 1.165) is 18.9 Å². The molecule has 3 atom stereocenters. The Labute approximate surface area is 128 Å². The summed E-state index contributed by atoms with van der Waals surface area (Å²) in [6, 6.07) is 3.57. The highest BCUT2D eigenvalue weighted by Gasteiger charge is 2.47. The topological polar surface area (TPSA) is 40.5 Å². The molecule has 120 valence electrons. The number of carbonyl (C=O) groups excluding carboxylic acids is 1. The van der Waals surface area contributed by atoms with E-state index in [4.69, 9.17) is 0 Å². The molecule has 3 rings (SSSR count). The summed E-state index contributed by atoms with van der Waals surface area (Å²) in [7, 11) is 0. The van der Waals surface area contributed by atoms with Crippen molar-refractivity contribution in [1.82, 2.24) is 4.90 Å². The monoisotopic (exact) mass is 309 g/mol. The molecule has 0 spiro atoms. The highest BCUT2D eigenvalue weighted by Crippen LogP contribution is 2.49. The van der Waals surface area contributed by atoms with Crippen molar-refractivity contribution in [2.75, 3.05) is 13.1 Å². The summed E-state index contributed by atoms with van der Waals surface area (Å²) in [6.45, 7) is 3.10. The Balaban J connectivity index is 1.59. The molecule has 1 amide bonds. The van der Waals surface area contributed by atoms with E-state index in [1.54, 1.807) is 6.92 Å². The van der Waals surface area contributed by atoms with Crippen LogP contribution in [0.2, 0.25) is 0 Å². The third-order valence-electron chi connectivity index (χ3n) is 5.00. The summed E-state index contributed by atoms with van der Waals surface area (Å²) < 4.78 is 26.7. The number of hydrogen-bond acceptors (Lipinski definition) is 2. The maximum absolute atomic E-state index is 13.8. The first-order valence-corrected chi connectivity index (χ1v) is 7.89. The number of likely N-dealkylation sites (tertiary alicyclic amines) is 1. The molecule has 1 heterocycles. The lowest BCUT2D eigenvalue weighted by Gasteiger charge is -2.33. The summed E-state index contributed by atoms with van der Waals surface area (Å²) in [4.78, 5) is 14.3. The fraction of sp³-hybridized carbons (Fsp3) is 0.588. The Morgan fingerprint density at radius 3 is 2.59 bits per heavy atom. The molecule has 2 fully saturated rings. The van der Waals surface area contributed by atoms with E-state index < -0.39 is 11.6 Å². The van der Waals surface area contributed by atoms with Gasteiger partial charge >= 0.3 is 0 Å². The van der Waals surface area contributed by atoms with Gasteiger partial charge in [-0.15, -0.1) is 0 Å². The highest BCUT2D eigenvalue weighted by atomic mass is 19.1. The number of halogens is 2. The first kappa shape index (κ1) is 15.4. The van der Waals surface area contributed by atoms with E-state index in [-0.39, 0.29) is 29.8 Å². The second-order valence-corrected chi connectivity index (χ2v) is 6.52. The van der Waals surface area contributed by atoms with Crippen LogP contribution in [-0.2, 0) is 4.79 Å². The zero-order chi connectivity index (χ0) is 15.9. The first-order chi connectivity index (χ1) is 10.5. The molecular formula is C17H21F2NO2. The summed E-state index contributed by atoms with van der Waals surface area (Å²) >= 11 is 0. The van der Waals surface area contributed by atoms with Crippen LogP contribution in [0, 0.1) is 23.5 Å². The lowest BCUT2D eigenvalue weighted by atomic mass is 9.92. The third kappa shape index (κ3) is 3.00. The number of aliphatic hydroxyl groups is 1. The molecule has 1 aromatic rings. The van der Waals surface area contributed by atoms with Gasteiger partial charge in [0.1, 0.15) is 11.6 Å². The summed E-state index contributed by atoms with van der Waals surface area (Å²) in [6.07, 6.45) is 1.93. The van der Waals surface area contributed by atoms with Gasteiger partial charge in [-0.25, -0.2) is 8.78 Å². The van der Waals surface area contributed by atoms with Crippen LogP contribution in [0.25, 0.3) is 0 Å². The van der Waals surface area contributed by atoms with Gasteiger partial charge in [-0.3, -0.25) is 4.79 Å². The summed E-state index contributed by atoms with van der Waals surface area (Å²) in [5.74, 6) is -1.13. The Morgan fingerprint density at radius 2 is 2.00 bits per heavy atom. The van der Waals surface area contributed by atoms with Crippen molar-refractivity contribution >= 4 is 5.91 Å². The molecular weight excluding hydrogens is 288 g/mol. The second kappa shape index (κ2) is 5.95. The third-order valence-corrected chi connectivity index (χ3v) is 5.00. The molecule has 1 aliphatic carbocycles. The number of amides is 1. The molecule has 0 aromatic heterocycles. The first-order valence-electron chi connectivity index (χ1n) is 7.89. The average Bonchev–Trinajstić information content (AvgIpc) is 3.27. The van der Waals surface area contributed by atoms with Gasteiger partial charge < -0.3 is 10.0 Å². The van der Waals surface area contributed by atoms with E-state index in [1.165, 1.54) is 12.1 Å². The van der Waals surface area contributed by atoms with Crippen LogP contribution in [0.3, 0.4) is 0 Å². The fourth-order valence-corrected chi connectivity index (χ4v) is 3.45. The van der Waals surface area contributed by atoms with Crippen molar-refractivity contribution in [2.24, 2.45) is 11.8 Å². The minimum Gasteiger partial charge on any atom is -0.393 e. The Kier molecular flexibility index (Phi) is 4.17. The molecule has 1 aromatic carbocycles. The number of nitrogens with zero attached hydrogens (tertiary/aromatic N) is 1. The largest absolute Gasteiger partial charge is 0.393 e. The van der Waals surface area contributed by atoms with Crippen LogP contribution >= 0.6 is 0 Å². The predicted molar refractivity (Wildman–Crippen MR) is 78.2 cm³/mol. The van der Waals surface area contributed by atoms with E-state index >= 15 is 0 Å². The van der Waals surface area contributed by atoms with Gasteiger partial charge in [-0.05, 0) is 49.7 Å². The normalized spacial score (nSPS) is 26.8. The van der Waals surface area contributed by atoms with Crippen molar-refractivity contribution in [3.63, 3.8) is 0 Å². The fourth-order valence-electron chi connectivity index (χ4n) is 3.45. The molecule has 2 aliphatic rings. The van der Waals surface area contributed by atoms with Gasteiger partial charge in [-0.2, -0.15) is 0 Å². The SMILES string of the molecule is CC(O)C1CCN(C(=O)C2CC2c2ccc(F)cc2F)CC1. The van der Waals surface area contributed by atoms with Gasteiger partial charge in [0.15, 0.2) is 0 Å². The van der Waals surface area contributed by atoms with Crippen molar-refractivity contribution in [3.05, 3.63) is 35.4 Å². The van der Waals surface area contributed by atoms with Gasteiger partial charge in [0.2, 0.25) is 5.91 Å². The van der Waals surface area contributed by atoms with Crippen LogP contribution < -0.4 is 0 Å². The summed E-state index contributed by atoms with van der Waals surface area (Å²) in [5.41, 5.74) is 0.443. The van der Waals surface area contributed by atoms with E-state index in [0.29, 0.717) is 25.1 Å². The van der Waals surface area contributed by atoms with Crippen LogP contribution in [-0.4, -0.2) is 35.1 Å². The number of hydrogen-bond donors (Lipinski definition) is 1. The van der Waals surface area contributed by atoms with Crippen LogP contribution in [0.4, 0.5) is 8.78 Å². The molecule has 1 N–H and O–H groups in total. The molecule has 1 saturated heterocycles. The number of piperidine rings is 1. The Bertz CT molecular complexity index is 568. The van der Waals surface area contributed by atoms with Crippen molar-refractivity contribution in [3.8, 4) is 0 Å². The second-order valence-electron chi connectivity index (χ2n) is 6.52. The zero-order valence-corrected chi connectivity index (χ0v) is 12.6. The smallest absolute Gasteiger partial charge is 0.226 e. The molecule has 3 nitrogen and oxygen atoms in total. The Morgan fingerprint density at radius 1 is 1.32 bits per heavy atom. The van der Waals surface area contributed by atoms with Gasteiger partial charge in [0.25, 0.3) is 0 Å². The molecule has 3 unspecified atom stereocenters. The lowest BCUT2D eigenvalue weighted by Crippen LogP contribution is -2.41. The molecule has 5 heteroatoms. The number of rotatable bonds is 3. The van der Waals surface area contributed by atoms with Crippen molar-refractivity contribution in [1.29, 1.82) is 0 Å². The average molecular weight is 309 g/mol. The van der Waals surface area contributed by atoms with Gasteiger partial charge in [0.05, 0.1) is 6.10 Å². The standard InChI is InChI=1S/C17H21F2NO2/c1-10(21)11-4-6-20(7-5-11)17(22)15-9-14(15)13-3-2-12(18)8-16(13)19/h2-3,8,10-11,14-15,21H,4-7,9H2,1H3. The van der Waals surface area contributed by atoms with Crippen LogP contribution in [0.5, 0.6) is 0 Å². The van der Waals surface area contributed by atoms with Gasteiger partial charge in [0, 0.05) is 25.1 Å². The van der Waals surface area contributed by atoms with E-state index in [9.17, 15) is 18.7 Å². The number of aliphatic hydroxyl groups excluding tert-OH is 1. The predicted octanol–water partition coefficient (Wildman–Crippen LogP) is 2.69. The van der Waals surface area contributed by atoms with Crippen LogP contribution in [0.1, 0.15) is 37.7 Å². The highest BCUT2D eigenvalue weighted by molar-refractivity contribution is 5.83. The molecule has 0 radical (unpaired) electrons. The van der Waals surface area contributed by atoms with E-state index in [2.05, 4.69) is 0 Å². The zero-order valence-electron chi connectivity index (χ0n) is 12.6. The lowest BCUT2D eigenvalue weighted by molar-refractivity contribution is -0.134. The number of benzene rings is 1.